The van der Waals surface area contributed by atoms with E-state index in [-0.39, 0.29) is 29.3 Å². The van der Waals surface area contributed by atoms with Crippen LogP contribution in [0, 0.1) is 15.5 Å². The van der Waals surface area contributed by atoms with Crippen molar-refractivity contribution >= 4 is 34.6 Å². The summed E-state index contributed by atoms with van der Waals surface area (Å²) < 4.78 is 0. The number of nitro benzene ring substituents is 1. The minimum Gasteiger partial charge on any atom is -0.357 e. The highest BCUT2D eigenvalue weighted by atomic mass is 16.6. The van der Waals surface area contributed by atoms with Gasteiger partial charge < -0.3 is 20.0 Å². The minimum absolute atomic E-state index is 0.0198. The number of allylic oxidation sites excluding steroid dienone is 1. The van der Waals surface area contributed by atoms with Crippen molar-refractivity contribution in [2.24, 2.45) is 5.41 Å². The molecule has 3 aliphatic rings. The van der Waals surface area contributed by atoms with Crippen LogP contribution in [0.25, 0.3) is 0 Å². The number of carbonyl (C=O) groups excluding carboxylic acids is 2. The molecule has 1 aliphatic carbocycles. The topological polar surface area (TPSA) is 112 Å². The van der Waals surface area contributed by atoms with Gasteiger partial charge >= 0.3 is 0 Å². The Labute approximate surface area is 244 Å². The molecule has 0 radical (unpaired) electrons. The van der Waals surface area contributed by atoms with Crippen LogP contribution in [-0.2, 0) is 9.59 Å². The molecule has 216 valence electrons. The molecule has 1 atom stereocenters. The second kappa shape index (κ2) is 10.9. The number of fused-ring (bicyclic) bond motifs is 1. The van der Waals surface area contributed by atoms with Crippen LogP contribution in [-0.4, -0.2) is 59.2 Å². The summed E-state index contributed by atoms with van der Waals surface area (Å²) in [6, 6.07) is 19.4. The number of nitrogens with zero attached hydrogens (tertiary/aromatic N) is 5. The third-order valence-electron chi connectivity index (χ3n) is 8.34. The highest BCUT2D eigenvalue weighted by Gasteiger charge is 2.42. The lowest BCUT2D eigenvalue weighted by atomic mass is 9.73. The first-order valence-electron chi connectivity index (χ1n) is 14.3. The van der Waals surface area contributed by atoms with Crippen molar-refractivity contribution in [2.45, 2.75) is 32.7 Å². The van der Waals surface area contributed by atoms with Gasteiger partial charge in [0.05, 0.1) is 28.9 Å². The number of nitrogens with one attached hydrogen (secondary N) is 1. The Bertz CT molecular complexity index is 1540. The Balaban J connectivity index is 1.37. The van der Waals surface area contributed by atoms with Crippen molar-refractivity contribution in [3.05, 3.63) is 99.9 Å². The number of benzene rings is 2. The van der Waals surface area contributed by atoms with Crippen molar-refractivity contribution in [2.75, 3.05) is 47.8 Å². The van der Waals surface area contributed by atoms with Gasteiger partial charge in [-0.05, 0) is 53.8 Å². The van der Waals surface area contributed by atoms with Gasteiger partial charge in [0, 0.05) is 62.2 Å². The molecule has 1 saturated heterocycles. The van der Waals surface area contributed by atoms with E-state index in [1.54, 1.807) is 18.3 Å². The summed E-state index contributed by atoms with van der Waals surface area (Å²) >= 11 is 0. The minimum atomic E-state index is -0.584. The number of ketones is 1. The SMILES string of the molecule is CC1(C)CC(=O)C2=C(C1)Nc1ccccc1N(CC(=O)N1CCN(c3ccccn3)CC1)C2c1ccc([N+](=O)[O-])cc1. The largest absolute Gasteiger partial charge is 0.357 e. The number of piperazine rings is 1. The quantitative estimate of drug-likeness (QED) is 0.341. The standard InChI is InChI=1S/C32H34N6O4/c1-32(2)19-25-30(27(39)20-32)31(22-10-12-23(13-11-22)38(41)42)37(26-8-4-3-7-24(26)34-25)21-29(40)36-17-15-35(16-18-36)28-9-5-6-14-33-28/h3-14,31,34H,15-21H2,1-2H3. The molecular weight excluding hydrogens is 532 g/mol. The fourth-order valence-corrected chi connectivity index (χ4v) is 6.32. The van der Waals surface area contributed by atoms with E-state index in [2.05, 4.69) is 29.0 Å². The molecule has 1 N–H and O–H groups in total. The monoisotopic (exact) mass is 566 g/mol. The molecule has 0 saturated carbocycles. The number of nitro groups is 1. The third-order valence-corrected chi connectivity index (χ3v) is 8.34. The summed E-state index contributed by atoms with van der Waals surface area (Å²) in [6.45, 7) is 6.70. The van der Waals surface area contributed by atoms with Gasteiger partial charge in [-0.3, -0.25) is 19.7 Å². The Kier molecular flexibility index (Phi) is 7.14. The molecule has 2 aliphatic heterocycles. The van der Waals surface area contributed by atoms with Crippen molar-refractivity contribution < 1.29 is 14.5 Å². The summed E-state index contributed by atoms with van der Waals surface area (Å²) in [5.74, 6) is 0.880. The van der Waals surface area contributed by atoms with E-state index in [0.29, 0.717) is 44.6 Å². The van der Waals surface area contributed by atoms with Crippen LogP contribution < -0.4 is 15.1 Å². The Morgan fingerprint density at radius 1 is 1.00 bits per heavy atom. The fraction of sp³-hybridized carbons (Fsp3) is 0.344. The number of Topliss-reactive ketones (excluding diaryl/α,β-unsaturated/α-hetero) is 1. The number of anilines is 3. The molecule has 2 aromatic carbocycles. The number of hydrogen-bond donors (Lipinski definition) is 1. The highest BCUT2D eigenvalue weighted by Crippen LogP contribution is 2.48. The number of para-hydroxylation sites is 2. The van der Waals surface area contributed by atoms with Crippen LogP contribution in [0.3, 0.4) is 0 Å². The fourth-order valence-electron chi connectivity index (χ4n) is 6.32. The molecule has 0 bridgehead atoms. The van der Waals surface area contributed by atoms with Crippen LogP contribution in [0.2, 0.25) is 0 Å². The smallest absolute Gasteiger partial charge is 0.269 e. The average Bonchev–Trinajstić information content (AvgIpc) is 3.11. The second-order valence-electron chi connectivity index (χ2n) is 11.9. The lowest BCUT2D eigenvalue weighted by Crippen LogP contribution is -2.52. The van der Waals surface area contributed by atoms with Gasteiger partial charge in [-0.25, -0.2) is 4.98 Å². The maximum absolute atomic E-state index is 13.9. The first-order chi connectivity index (χ1) is 20.2. The van der Waals surface area contributed by atoms with Crippen LogP contribution in [0.4, 0.5) is 22.9 Å². The van der Waals surface area contributed by atoms with Crippen LogP contribution in [0.1, 0.15) is 38.3 Å². The molecule has 1 amide bonds. The Hall–Kier alpha value is -4.73. The van der Waals surface area contributed by atoms with E-state index in [0.717, 1.165) is 28.5 Å². The van der Waals surface area contributed by atoms with Crippen molar-refractivity contribution in [3.8, 4) is 0 Å². The van der Waals surface area contributed by atoms with E-state index in [9.17, 15) is 19.7 Å². The maximum atomic E-state index is 13.9. The number of hydrogen-bond acceptors (Lipinski definition) is 8. The van der Waals surface area contributed by atoms with E-state index in [1.807, 2.05) is 52.3 Å². The van der Waals surface area contributed by atoms with E-state index >= 15 is 0 Å². The summed E-state index contributed by atoms with van der Waals surface area (Å²) in [5, 5.41) is 15.0. The number of amides is 1. The van der Waals surface area contributed by atoms with Gasteiger partial charge in [0.25, 0.3) is 5.69 Å². The molecule has 42 heavy (non-hydrogen) atoms. The van der Waals surface area contributed by atoms with Gasteiger partial charge in [0.15, 0.2) is 5.78 Å². The van der Waals surface area contributed by atoms with Gasteiger partial charge in [-0.1, -0.05) is 32.0 Å². The number of aromatic nitrogens is 1. The zero-order chi connectivity index (χ0) is 29.4. The van der Waals surface area contributed by atoms with Crippen molar-refractivity contribution in [1.29, 1.82) is 0 Å². The number of rotatable bonds is 5. The molecule has 3 aromatic rings. The summed E-state index contributed by atoms with van der Waals surface area (Å²) in [7, 11) is 0. The van der Waals surface area contributed by atoms with Gasteiger partial charge in [0.1, 0.15) is 5.82 Å². The van der Waals surface area contributed by atoms with Crippen LogP contribution in [0.15, 0.2) is 84.2 Å². The molecule has 10 heteroatoms. The Morgan fingerprint density at radius 2 is 1.71 bits per heavy atom. The molecular formula is C32H34N6O4. The zero-order valence-electron chi connectivity index (χ0n) is 23.8. The van der Waals surface area contributed by atoms with Crippen LogP contribution >= 0.6 is 0 Å². The molecule has 10 nitrogen and oxygen atoms in total. The molecule has 1 fully saturated rings. The summed E-state index contributed by atoms with van der Waals surface area (Å²) in [4.78, 5) is 49.3. The molecule has 1 unspecified atom stereocenters. The van der Waals surface area contributed by atoms with E-state index in [1.165, 1.54) is 12.1 Å². The summed E-state index contributed by atoms with van der Waals surface area (Å²) in [5.41, 5.74) is 3.57. The maximum Gasteiger partial charge on any atom is 0.269 e. The second-order valence-corrected chi connectivity index (χ2v) is 11.9. The van der Waals surface area contributed by atoms with Gasteiger partial charge in [-0.2, -0.15) is 0 Å². The first-order valence-corrected chi connectivity index (χ1v) is 14.3. The van der Waals surface area contributed by atoms with Gasteiger partial charge in [0.2, 0.25) is 5.91 Å². The average molecular weight is 567 g/mol. The number of pyridine rings is 1. The van der Waals surface area contributed by atoms with Gasteiger partial charge in [-0.15, -0.1) is 0 Å². The van der Waals surface area contributed by atoms with Crippen LogP contribution in [0.5, 0.6) is 0 Å². The Morgan fingerprint density at radius 3 is 2.40 bits per heavy atom. The highest BCUT2D eigenvalue weighted by molar-refractivity contribution is 6.02. The number of non-ortho nitro benzene ring substituents is 1. The summed E-state index contributed by atoms with van der Waals surface area (Å²) in [6.07, 6.45) is 2.82. The van der Waals surface area contributed by atoms with E-state index < -0.39 is 11.0 Å². The third kappa shape index (κ3) is 5.32. The predicted octanol–water partition coefficient (Wildman–Crippen LogP) is 4.96. The van der Waals surface area contributed by atoms with Crippen molar-refractivity contribution in [3.63, 3.8) is 0 Å². The molecule has 3 heterocycles. The predicted molar refractivity (Wildman–Crippen MR) is 161 cm³/mol. The molecule has 1 aromatic heterocycles. The lowest BCUT2D eigenvalue weighted by Gasteiger charge is -2.40. The van der Waals surface area contributed by atoms with E-state index in [4.69, 9.17) is 0 Å². The lowest BCUT2D eigenvalue weighted by molar-refractivity contribution is -0.384. The zero-order valence-corrected chi connectivity index (χ0v) is 23.8. The normalized spacial score (nSPS) is 19.9. The number of carbonyl (C=O) groups is 2. The van der Waals surface area contributed by atoms with Crippen molar-refractivity contribution in [1.82, 2.24) is 9.88 Å². The first kappa shape index (κ1) is 27.4. The molecule has 6 rings (SSSR count). The molecule has 0 spiro atoms.